The van der Waals surface area contributed by atoms with Gasteiger partial charge in [0.05, 0.1) is 11.4 Å². The van der Waals surface area contributed by atoms with Crippen LogP contribution in [0.3, 0.4) is 0 Å². The third-order valence-electron chi connectivity index (χ3n) is 4.11. The van der Waals surface area contributed by atoms with E-state index < -0.39 is 15.1 Å². The number of hydrogen-bond donors (Lipinski definition) is 0. The zero-order valence-electron chi connectivity index (χ0n) is 13.4. The van der Waals surface area contributed by atoms with Gasteiger partial charge in [-0.05, 0) is 31.0 Å². The Balaban J connectivity index is 1.85. The van der Waals surface area contributed by atoms with Crippen LogP contribution in [-0.4, -0.2) is 24.5 Å². The fourth-order valence-electron chi connectivity index (χ4n) is 2.73. The number of benzene rings is 2. The lowest BCUT2D eigenvalue weighted by Gasteiger charge is -2.27. The molecule has 24 heavy (non-hydrogen) atoms. The summed E-state index contributed by atoms with van der Waals surface area (Å²) in [5.74, 6) is -0.373. The van der Waals surface area contributed by atoms with Gasteiger partial charge in [-0.2, -0.15) is 0 Å². The van der Waals surface area contributed by atoms with Crippen molar-refractivity contribution in [3.63, 3.8) is 0 Å². The first-order valence-corrected chi connectivity index (χ1v) is 9.35. The Bertz CT molecular complexity index is 855. The average Bonchev–Trinajstić information content (AvgIpc) is 2.58. The molecule has 1 amide bonds. The zero-order valence-corrected chi connectivity index (χ0v) is 14.2. The molecule has 1 aliphatic rings. The van der Waals surface area contributed by atoms with Gasteiger partial charge in [-0.15, -0.1) is 0 Å². The molecule has 0 saturated carbocycles. The molecule has 4 nitrogen and oxygen atoms in total. The zero-order chi connectivity index (χ0) is 17.2. The molecule has 0 aromatic heterocycles. The predicted molar refractivity (Wildman–Crippen MR) is 92.9 cm³/mol. The van der Waals surface area contributed by atoms with Crippen LogP contribution in [0.2, 0.25) is 0 Å². The van der Waals surface area contributed by atoms with Crippen LogP contribution in [0.15, 0.2) is 71.8 Å². The van der Waals surface area contributed by atoms with Gasteiger partial charge >= 0.3 is 0 Å². The third-order valence-corrected chi connectivity index (χ3v) is 6.19. The Labute approximate surface area is 142 Å². The summed E-state index contributed by atoms with van der Waals surface area (Å²) >= 11 is 0. The highest BCUT2D eigenvalue weighted by molar-refractivity contribution is 7.92. The minimum atomic E-state index is -3.70. The predicted octanol–water partition coefficient (Wildman–Crippen LogP) is 3.08. The van der Waals surface area contributed by atoms with Gasteiger partial charge in [-0.1, -0.05) is 54.1 Å². The Morgan fingerprint density at radius 3 is 2.38 bits per heavy atom. The number of carbonyl (C=O) groups excluding carboxylic acids is 1. The van der Waals surface area contributed by atoms with Crippen molar-refractivity contribution in [1.82, 2.24) is 4.90 Å². The number of rotatable bonds is 4. The number of carbonyl (C=O) groups is 1. The second-order valence-corrected chi connectivity index (χ2v) is 8.05. The van der Waals surface area contributed by atoms with Crippen molar-refractivity contribution in [2.45, 2.75) is 30.0 Å². The lowest BCUT2D eigenvalue weighted by atomic mass is 10.1. The van der Waals surface area contributed by atoms with Gasteiger partial charge in [0, 0.05) is 6.20 Å². The van der Waals surface area contributed by atoms with E-state index in [0.717, 1.165) is 11.1 Å². The van der Waals surface area contributed by atoms with Crippen LogP contribution >= 0.6 is 0 Å². The van der Waals surface area contributed by atoms with Gasteiger partial charge in [-0.25, -0.2) is 8.42 Å². The maximum absolute atomic E-state index is 12.8. The van der Waals surface area contributed by atoms with E-state index in [1.807, 2.05) is 37.3 Å². The van der Waals surface area contributed by atoms with Crippen molar-refractivity contribution in [1.29, 1.82) is 0 Å². The van der Waals surface area contributed by atoms with Gasteiger partial charge in [0.15, 0.2) is 9.84 Å². The summed E-state index contributed by atoms with van der Waals surface area (Å²) in [5.41, 5.74) is 1.94. The summed E-state index contributed by atoms with van der Waals surface area (Å²) in [5, 5.41) is -1.06. The second kappa shape index (κ2) is 6.61. The standard InChI is InChI=1S/C19H19NO3S/c1-15-9-11-17(12-10-15)24(22,23)18-8-5-13-20(19(18)21)14-16-6-3-2-4-7-16/h2-7,9-13,18H,8,14H2,1H3. The van der Waals surface area contributed by atoms with E-state index in [0.29, 0.717) is 6.54 Å². The van der Waals surface area contributed by atoms with Gasteiger partial charge in [-0.3, -0.25) is 4.79 Å². The quantitative estimate of drug-likeness (QED) is 0.859. The van der Waals surface area contributed by atoms with Crippen LogP contribution in [0, 0.1) is 6.92 Å². The van der Waals surface area contributed by atoms with Gasteiger partial charge < -0.3 is 4.90 Å². The summed E-state index contributed by atoms with van der Waals surface area (Å²) in [6.07, 6.45) is 3.64. The number of amides is 1. The number of aryl methyl sites for hydroxylation is 1. The number of hydrogen-bond acceptors (Lipinski definition) is 3. The van der Waals surface area contributed by atoms with E-state index in [1.54, 1.807) is 36.5 Å². The Morgan fingerprint density at radius 2 is 1.71 bits per heavy atom. The fourth-order valence-corrected chi connectivity index (χ4v) is 4.34. The first-order chi connectivity index (χ1) is 11.5. The van der Waals surface area contributed by atoms with Crippen molar-refractivity contribution in [3.05, 3.63) is 78.0 Å². The number of sulfone groups is 1. The smallest absolute Gasteiger partial charge is 0.245 e. The summed E-state index contributed by atoms with van der Waals surface area (Å²) in [4.78, 5) is 14.4. The van der Waals surface area contributed by atoms with Crippen LogP contribution in [0.5, 0.6) is 0 Å². The lowest BCUT2D eigenvalue weighted by Crippen LogP contribution is -2.42. The molecular formula is C19H19NO3S. The van der Waals surface area contributed by atoms with Crippen LogP contribution in [0.25, 0.3) is 0 Å². The normalized spacial score (nSPS) is 18.0. The fraction of sp³-hybridized carbons (Fsp3) is 0.211. The Kier molecular flexibility index (Phi) is 4.53. The summed E-state index contributed by atoms with van der Waals surface area (Å²) in [6.45, 7) is 2.27. The molecular weight excluding hydrogens is 322 g/mol. The molecule has 1 atom stereocenters. The van der Waals surface area contributed by atoms with Crippen LogP contribution in [0.1, 0.15) is 17.5 Å². The minimum Gasteiger partial charge on any atom is -0.314 e. The van der Waals surface area contributed by atoms with E-state index in [9.17, 15) is 13.2 Å². The van der Waals surface area contributed by atoms with Crippen molar-refractivity contribution in [2.24, 2.45) is 0 Å². The van der Waals surface area contributed by atoms with E-state index in [-0.39, 0.29) is 17.2 Å². The lowest BCUT2D eigenvalue weighted by molar-refractivity contribution is -0.129. The monoisotopic (exact) mass is 341 g/mol. The Morgan fingerprint density at radius 1 is 1.04 bits per heavy atom. The van der Waals surface area contributed by atoms with Crippen molar-refractivity contribution < 1.29 is 13.2 Å². The van der Waals surface area contributed by atoms with Crippen LogP contribution in [-0.2, 0) is 21.2 Å². The molecule has 3 rings (SSSR count). The maximum atomic E-state index is 12.8. The van der Waals surface area contributed by atoms with Crippen molar-refractivity contribution in [2.75, 3.05) is 0 Å². The van der Waals surface area contributed by atoms with E-state index in [1.165, 1.54) is 4.90 Å². The Hall–Kier alpha value is -2.40. The molecule has 0 aliphatic carbocycles. The molecule has 0 spiro atoms. The summed E-state index contributed by atoms with van der Waals surface area (Å²) < 4.78 is 25.7. The topological polar surface area (TPSA) is 54.5 Å². The van der Waals surface area contributed by atoms with E-state index in [4.69, 9.17) is 0 Å². The first-order valence-electron chi connectivity index (χ1n) is 7.80. The maximum Gasteiger partial charge on any atom is 0.245 e. The highest BCUT2D eigenvalue weighted by atomic mass is 32.2. The molecule has 1 unspecified atom stereocenters. The van der Waals surface area contributed by atoms with Gasteiger partial charge in [0.25, 0.3) is 0 Å². The van der Waals surface area contributed by atoms with Gasteiger partial charge in [0.2, 0.25) is 5.91 Å². The second-order valence-electron chi connectivity index (χ2n) is 5.92. The van der Waals surface area contributed by atoms with E-state index in [2.05, 4.69) is 0 Å². The molecule has 124 valence electrons. The molecule has 0 bridgehead atoms. The van der Waals surface area contributed by atoms with Crippen molar-refractivity contribution in [3.8, 4) is 0 Å². The molecule has 5 heteroatoms. The first kappa shape index (κ1) is 16.5. The molecule has 0 N–H and O–H groups in total. The third kappa shape index (κ3) is 3.26. The highest BCUT2D eigenvalue weighted by Crippen LogP contribution is 2.25. The average molecular weight is 341 g/mol. The summed E-state index contributed by atoms with van der Waals surface area (Å²) in [6, 6.07) is 16.2. The van der Waals surface area contributed by atoms with Crippen LogP contribution in [0.4, 0.5) is 0 Å². The SMILES string of the molecule is Cc1ccc(S(=O)(=O)C2CC=CN(Cc3ccccc3)C2=O)cc1. The van der Waals surface area contributed by atoms with Gasteiger partial charge in [0.1, 0.15) is 5.25 Å². The molecule has 0 saturated heterocycles. The highest BCUT2D eigenvalue weighted by Gasteiger charge is 2.37. The molecule has 1 aliphatic heterocycles. The molecule has 0 fully saturated rings. The van der Waals surface area contributed by atoms with E-state index >= 15 is 0 Å². The number of nitrogens with zero attached hydrogens (tertiary/aromatic N) is 1. The largest absolute Gasteiger partial charge is 0.314 e. The molecule has 1 heterocycles. The molecule has 2 aromatic rings. The van der Waals surface area contributed by atoms with Crippen molar-refractivity contribution >= 4 is 15.7 Å². The van der Waals surface area contributed by atoms with Crippen LogP contribution < -0.4 is 0 Å². The summed E-state index contributed by atoms with van der Waals surface area (Å²) in [7, 11) is -3.70. The number of allylic oxidation sites excluding steroid dienone is 1. The molecule has 2 aromatic carbocycles. The molecule has 0 radical (unpaired) electrons. The minimum absolute atomic E-state index is 0.196.